The molecular formula is C15H23ClIN3O2. The number of guanidine groups is 1. The van der Waals surface area contributed by atoms with Crippen LogP contribution in [0.3, 0.4) is 0 Å². The van der Waals surface area contributed by atoms with Crippen LogP contribution in [0.1, 0.15) is 18.9 Å². The molecule has 5 nitrogen and oxygen atoms in total. The summed E-state index contributed by atoms with van der Waals surface area (Å²) >= 11 is 5.99. The predicted octanol–water partition coefficient (Wildman–Crippen LogP) is 2.92. The van der Waals surface area contributed by atoms with Crippen LogP contribution >= 0.6 is 35.6 Å². The van der Waals surface area contributed by atoms with Crippen LogP contribution in [0.25, 0.3) is 0 Å². The lowest BCUT2D eigenvalue weighted by Gasteiger charge is -2.22. The van der Waals surface area contributed by atoms with Crippen LogP contribution in [0.5, 0.6) is 0 Å². The Morgan fingerprint density at radius 2 is 2.18 bits per heavy atom. The number of halogens is 2. The van der Waals surface area contributed by atoms with Crippen molar-refractivity contribution >= 4 is 47.5 Å². The maximum atomic E-state index is 11.1. The smallest absolute Gasteiger partial charge is 0.307 e. The molecule has 0 radical (unpaired) electrons. The fraction of sp³-hybridized carbons (Fsp3) is 0.467. The largest absolute Gasteiger partial charge is 0.469 e. The van der Waals surface area contributed by atoms with Gasteiger partial charge >= 0.3 is 5.97 Å². The number of hydrogen-bond donors (Lipinski definition) is 1. The molecule has 0 unspecified atom stereocenters. The van der Waals surface area contributed by atoms with Crippen molar-refractivity contribution in [2.45, 2.75) is 19.9 Å². The van der Waals surface area contributed by atoms with E-state index in [9.17, 15) is 4.79 Å². The number of methoxy groups -OCH3 is 1. The maximum Gasteiger partial charge on any atom is 0.307 e. The van der Waals surface area contributed by atoms with E-state index in [-0.39, 0.29) is 36.4 Å². The molecule has 7 heteroatoms. The quantitative estimate of drug-likeness (QED) is 0.320. The minimum Gasteiger partial charge on any atom is -0.469 e. The van der Waals surface area contributed by atoms with Crippen LogP contribution in [-0.2, 0) is 16.1 Å². The molecule has 0 bridgehead atoms. The highest BCUT2D eigenvalue weighted by atomic mass is 127. The van der Waals surface area contributed by atoms with Crippen LogP contribution in [0.15, 0.2) is 29.3 Å². The van der Waals surface area contributed by atoms with Crippen molar-refractivity contribution in [2.24, 2.45) is 4.99 Å². The Kier molecular flexibility index (Phi) is 11.0. The lowest BCUT2D eigenvalue weighted by Crippen LogP contribution is -2.38. The van der Waals surface area contributed by atoms with E-state index in [0.717, 1.165) is 18.1 Å². The summed E-state index contributed by atoms with van der Waals surface area (Å²) in [7, 11) is 3.32. The van der Waals surface area contributed by atoms with Crippen LogP contribution < -0.4 is 5.32 Å². The zero-order valence-corrected chi connectivity index (χ0v) is 16.2. The first kappa shape index (κ1) is 21.0. The standard InChI is InChI=1S/C15H22ClN3O2.HI/c1-4-17-15(18-9-8-14(20)21-3)19(2)11-12-6-5-7-13(16)10-12;/h5-7,10H,4,8-9,11H2,1-3H3,(H,17,18);1H. The second-order valence-corrected chi connectivity index (χ2v) is 4.98. The average molecular weight is 440 g/mol. The Labute approximate surface area is 154 Å². The molecule has 0 saturated heterocycles. The van der Waals surface area contributed by atoms with Crippen molar-refractivity contribution in [1.29, 1.82) is 0 Å². The van der Waals surface area contributed by atoms with Gasteiger partial charge in [-0.05, 0) is 24.6 Å². The van der Waals surface area contributed by atoms with E-state index in [1.165, 1.54) is 7.11 Å². The van der Waals surface area contributed by atoms with Gasteiger partial charge in [-0.1, -0.05) is 23.7 Å². The average Bonchev–Trinajstić information content (AvgIpc) is 2.46. The van der Waals surface area contributed by atoms with E-state index >= 15 is 0 Å². The van der Waals surface area contributed by atoms with Gasteiger partial charge in [0.1, 0.15) is 0 Å². The van der Waals surface area contributed by atoms with Gasteiger partial charge < -0.3 is 15.0 Å². The van der Waals surface area contributed by atoms with Crippen LogP contribution in [0, 0.1) is 0 Å². The number of nitrogens with one attached hydrogen (secondary N) is 1. The molecule has 0 aliphatic heterocycles. The third kappa shape index (κ3) is 7.84. The molecule has 0 saturated carbocycles. The molecule has 1 aromatic carbocycles. The Hall–Kier alpha value is -1.02. The number of rotatable bonds is 6. The van der Waals surface area contributed by atoms with Gasteiger partial charge in [0.25, 0.3) is 0 Å². The molecule has 0 atom stereocenters. The zero-order chi connectivity index (χ0) is 15.7. The summed E-state index contributed by atoms with van der Waals surface area (Å²) in [5.74, 6) is 0.494. The van der Waals surface area contributed by atoms with Crippen LogP contribution in [-0.4, -0.2) is 44.1 Å². The summed E-state index contributed by atoms with van der Waals surface area (Å²) in [5, 5.41) is 3.92. The second-order valence-electron chi connectivity index (χ2n) is 4.55. The highest BCUT2D eigenvalue weighted by Gasteiger charge is 2.07. The van der Waals surface area contributed by atoms with Gasteiger partial charge in [-0.15, -0.1) is 24.0 Å². The summed E-state index contributed by atoms with van der Waals surface area (Å²) < 4.78 is 4.60. The first-order valence-electron chi connectivity index (χ1n) is 6.87. The summed E-state index contributed by atoms with van der Waals surface area (Å²) in [6.45, 7) is 3.85. The molecule has 0 spiro atoms. The van der Waals surface area contributed by atoms with Crippen molar-refractivity contribution in [3.63, 3.8) is 0 Å². The van der Waals surface area contributed by atoms with Crippen molar-refractivity contribution in [2.75, 3.05) is 27.2 Å². The van der Waals surface area contributed by atoms with E-state index in [1.54, 1.807) is 0 Å². The van der Waals surface area contributed by atoms with Crippen molar-refractivity contribution in [3.8, 4) is 0 Å². The summed E-state index contributed by atoms with van der Waals surface area (Å²) in [5.41, 5.74) is 1.10. The predicted molar refractivity (Wildman–Crippen MR) is 101 cm³/mol. The number of carbonyl (C=O) groups excluding carboxylic acids is 1. The molecular weight excluding hydrogens is 417 g/mol. The van der Waals surface area contributed by atoms with Gasteiger partial charge in [0.05, 0.1) is 20.1 Å². The number of ether oxygens (including phenoxy) is 1. The normalized spacial score (nSPS) is 10.6. The van der Waals surface area contributed by atoms with Gasteiger partial charge in [-0.25, -0.2) is 0 Å². The first-order valence-corrected chi connectivity index (χ1v) is 7.25. The molecule has 1 aromatic rings. The molecule has 124 valence electrons. The van der Waals surface area contributed by atoms with E-state index in [0.29, 0.717) is 18.1 Å². The molecule has 1 N–H and O–H groups in total. The van der Waals surface area contributed by atoms with Gasteiger partial charge in [-0.2, -0.15) is 0 Å². The molecule has 0 fully saturated rings. The second kappa shape index (κ2) is 11.5. The molecule has 22 heavy (non-hydrogen) atoms. The molecule has 0 aliphatic rings. The fourth-order valence-corrected chi connectivity index (χ4v) is 2.02. The number of aliphatic imine (C=N–C) groups is 1. The highest BCUT2D eigenvalue weighted by Crippen LogP contribution is 2.12. The molecule has 0 aliphatic carbocycles. The minimum atomic E-state index is -0.257. The van der Waals surface area contributed by atoms with Crippen molar-refractivity contribution < 1.29 is 9.53 Å². The van der Waals surface area contributed by atoms with Crippen LogP contribution in [0.2, 0.25) is 5.02 Å². The Morgan fingerprint density at radius 1 is 1.45 bits per heavy atom. The molecule has 0 heterocycles. The first-order chi connectivity index (χ1) is 10.1. The summed E-state index contributed by atoms with van der Waals surface area (Å²) in [4.78, 5) is 17.5. The fourth-order valence-electron chi connectivity index (χ4n) is 1.81. The Morgan fingerprint density at radius 3 is 2.77 bits per heavy atom. The van der Waals surface area contributed by atoms with E-state index in [1.807, 2.05) is 43.1 Å². The molecule has 0 aromatic heterocycles. The van der Waals surface area contributed by atoms with Crippen molar-refractivity contribution in [1.82, 2.24) is 10.2 Å². The number of esters is 1. The maximum absolute atomic E-state index is 11.1. The third-order valence-electron chi connectivity index (χ3n) is 2.81. The topological polar surface area (TPSA) is 53.9 Å². The van der Waals surface area contributed by atoms with E-state index in [2.05, 4.69) is 15.0 Å². The lowest BCUT2D eigenvalue weighted by atomic mass is 10.2. The van der Waals surface area contributed by atoms with Crippen molar-refractivity contribution in [3.05, 3.63) is 34.9 Å². The van der Waals surface area contributed by atoms with E-state index < -0.39 is 0 Å². The van der Waals surface area contributed by atoms with Gasteiger partial charge in [-0.3, -0.25) is 9.79 Å². The Bertz CT molecular complexity index is 497. The molecule has 0 amide bonds. The number of benzene rings is 1. The third-order valence-corrected chi connectivity index (χ3v) is 3.05. The van der Waals surface area contributed by atoms with Gasteiger partial charge in [0.2, 0.25) is 0 Å². The SMILES string of the molecule is CCNC(=NCCC(=O)OC)N(C)Cc1cccc(Cl)c1.I. The minimum absolute atomic E-state index is 0. The van der Waals surface area contributed by atoms with Gasteiger partial charge in [0.15, 0.2) is 5.96 Å². The van der Waals surface area contributed by atoms with Gasteiger partial charge in [0, 0.05) is 25.2 Å². The number of carbonyl (C=O) groups is 1. The summed E-state index contributed by atoms with van der Waals surface area (Å²) in [6.07, 6.45) is 0.274. The number of nitrogens with zero attached hydrogens (tertiary/aromatic N) is 2. The number of hydrogen-bond acceptors (Lipinski definition) is 3. The monoisotopic (exact) mass is 439 g/mol. The molecule has 1 rings (SSSR count). The zero-order valence-electron chi connectivity index (χ0n) is 13.1. The summed E-state index contributed by atoms with van der Waals surface area (Å²) in [6, 6.07) is 7.71. The lowest BCUT2D eigenvalue weighted by molar-refractivity contribution is -0.140. The van der Waals surface area contributed by atoms with E-state index in [4.69, 9.17) is 11.6 Å². The Balaban J connectivity index is 0.00000441. The highest BCUT2D eigenvalue weighted by molar-refractivity contribution is 14.0. The van der Waals surface area contributed by atoms with Crippen LogP contribution in [0.4, 0.5) is 0 Å².